The topological polar surface area (TPSA) is 253 Å². The van der Waals surface area contributed by atoms with E-state index in [9.17, 15) is 19.2 Å². The van der Waals surface area contributed by atoms with Crippen molar-refractivity contribution in [2.24, 2.45) is 0 Å². The summed E-state index contributed by atoms with van der Waals surface area (Å²) in [5, 5.41) is 33.5. The normalized spacial score (nSPS) is 10.9. The van der Waals surface area contributed by atoms with E-state index in [2.05, 4.69) is 224 Å². The molecule has 680 valence electrons. The minimum absolute atomic E-state index is 0. The molecule has 0 spiro atoms. The molecule has 0 aliphatic carbocycles. The molecule has 130 heavy (non-hydrogen) atoms. The van der Waals surface area contributed by atoms with Gasteiger partial charge < -0.3 is 38.1 Å². The maximum atomic E-state index is 10.0. The molecule has 0 atom stereocenters. The molecule has 8 heterocycles. The number of aliphatic hydroxyl groups excluding tert-OH is 4. The minimum Gasteiger partial charge on any atom is -0.512 e. The first-order valence-electron chi connectivity index (χ1n) is 41.1. The van der Waals surface area contributed by atoms with E-state index in [1.165, 1.54) is 135 Å². The molecule has 20 heteroatoms. The number of carbonyl (C=O) groups excluding carboxylic acids is 4. The number of pyridine rings is 4. The van der Waals surface area contributed by atoms with Crippen molar-refractivity contribution < 1.29 is 138 Å². The Morgan fingerprint density at radius 3 is 0.762 bits per heavy atom. The zero-order valence-corrected chi connectivity index (χ0v) is 86.7. The predicted octanol–water partition coefficient (Wildman–Crippen LogP) is 28.3. The Balaban J connectivity index is 0.000000277. The van der Waals surface area contributed by atoms with E-state index < -0.39 is 0 Å². The standard InChI is InChI=1S/C24H22NO.C23H20NO.C22H18NO.C21H16NO.4C5H8O2.4Ir/c1-14-8-15(2)12-19(11-14)20-6-7-22-21(25-20)13-23(26-22)24-17(4)9-16(3)10-18(24)5;1-14-10-15(2)12-18(11-14)19-8-9-21-20(24-19)13-22(25-21)23-16(3)6-5-7-17(23)4;1-14-4-6-17(7-5-14)22-13-20-21(24-22)9-8-19(23-20)18-11-15(2)10-16(3)12-18;1-14-10-15(2)12-17(11-14)18-8-9-20-19(22-18)13-21(23-20)16-6-4-3-5-7-16;4*1-4(6)3-5(2)7;;;;/h6-11,13H,1-5H3;5-11,13H,1-4H3;4-11,13H,1-3H3;3-11,13H,1-2H3;4*3,6H,1-2H3;;;;/q4*-1;;;;;;;;. The molecule has 4 N–H and O–H groups in total. The number of aliphatic hydroxyl groups is 4. The number of furan rings is 4. The molecule has 4 radical (unpaired) electrons. The molecule has 0 saturated carbocycles. The number of aromatic nitrogens is 4. The molecule has 16 nitrogen and oxygen atoms in total. The molecule has 0 aliphatic heterocycles. The largest absolute Gasteiger partial charge is 0.512 e. The number of hydrogen-bond donors (Lipinski definition) is 4. The molecule has 0 fully saturated rings. The van der Waals surface area contributed by atoms with Gasteiger partial charge in [-0.25, -0.2) is 0 Å². The number of allylic oxidation sites excluding steroid dienone is 8. The molecular weight excluding hydrogens is 2340 g/mol. The molecule has 16 aromatic rings. The number of benzene rings is 8. The van der Waals surface area contributed by atoms with Crippen molar-refractivity contribution in [3.63, 3.8) is 0 Å². The number of aryl methyl sites for hydroxylation is 14. The van der Waals surface area contributed by atoms with E-state index in [1.54, 1.807) is 0 Å². The van der Waals surface area contributed by atoms with E-state index in [0.717, 1.165) is 157 Å². The predicted molar refractivity (Wildman–Crippen MR) is 509 cm³/mol. The van der Waals surface area contributed by atoms with Crippen molar-refractivity contribution in [3.8, 4) is 90.3 Å². The van der Waals surface area contributed by atoms with Crippen molar-refractivity contribution in [1.82, 2.24) is 19.9 Å². The number of hydrogen-bond acceptors (Lipinski definition) is 16. The molecule has 0 saturated heterocycles. The molecule has 0 bridgehead atoms. The third-order valence-corrected chi connectivity index (χ3v) is 18.9. The average Bonchev–Trinajstić information content (AvgIpc) is 1.64. The number of carbonyl (C=O) groups is 4. The monoisotopic (exact) mass is 2450 g/mol. The molecule has 8 aromatic carbocycles. The summed E-state index contributed by atoms with van der Waals surface area (Å²) >= 11 is 0. The number of nitrogens with zero attached hydrogens (tertiary/aromatic N) is 4. The summed E-state index contributed by atoms with van der Waals surface area (Å²) < 4.78 is 24.1. The Morgan fingerprint density at radius 2 is 0.508 bits per heavy atom. The van der Waals surface area contributed by atoms with E-state index in [-0.39, 0.29) is 127 Å². The summed E-state index contributed by atoms with van der Waals surface area (Å²) in [6.45, 7) is 40.7. The van der Waals surface area contributed by atoms with Crippen molar-refractivity contribution in [1.29, 1.82) is 0 Å². The van der Waals surface area contributed by atoms with Gasteiger partial charge in [0, 0.05) is 151 Å². The molecule has 16 rings (SSSR count). The van der Waals surface area contributed by atoms with E-state index in [1.807, 2.05) is 103 Å². The SMILES string of the molecule is CC(=O)C=C(C)O.CC(=O)C=C(C)O.CC(=O)C=C(C)O.CC(=O)C=C(C)O.Cc1[c-]c(-c2ccc3oc(-c4c(C)cc(C)cc4C)cc3n2)cc(C)c1.Cc1[c-]c(-c2ccc3oc(-c4c(C)cccc4C)cc3n2)cc(C)c1.Cc1[c-]c(-c2ccc3oc(-c4ccc(C)cc4)cc3n2)cc(C)c1.Cc1[c-]c(-c2ccc3oc(-c4ccccc4)cc3n2)cc(C)c1.[Ir].[Ir].[Ir].[Ir]. The van der Waals surface area contributed by atoms with Crippen LogP contribution >= 0.6 is 0 Å². The Bertz CT molecular complexity index is 6510. The van der Waals surface area contributed by atoms with Crippen molar-refractivity contribution in [2.45, 2.75) is 152 Å². The molecule has 8 aromatic heterocycles. The van der Waals surface area contributed by atoms with Crippen LogP contribution in [-0.2, 0) is 99.6 Å². The Hall–Kier alpha value is -12.0. The van der Waals surface area contributed by atoms with Crippen molar-refractivity contribution in [3.05, 3.63) is 356 Å². The second-order valence-corrected chi connectivity index (χ2v) is 31.6. The van der Waals surface area contributed by atoms with E-state index >= 15 is 0 Å². The van der Waals surface area contributed by atoms with Crippen LogP contribution in [0, 0.1) is 121 Å². The Labute approximate surface area is 816 Å². The van der Waals surface area contributed by atoms with Gasteiger partial charge in [0.05, 0.1) is 45.1 Å². The summed E-state index contributed by atoms with van der Waals surface area (Å²) in [7, 11) is 0. The van der Waals surface area contributed by atoms with Gasteiger partial charge in [-0.2, -0.15) is 0 Å². The van der Waals surface area contributed by atoms with Crippen LogP contribution in [0.3, 0.4) is 0 Å². The van der Waals surface area contributed by atoms with Gasteiger partial charge in [0.15, 0.2) is 45.5 Å². The molecule has 0 unspecified atom stereocenters. The van der Waals surface area contributed by atoms with Crippen molar-refractivity contribution >= 4 is 67.5 Å². The summed E-state index contributed by atoms with van der Waals surface area (Å²) in [6.07, 6.45) is 4.67. The second kappa shape index (κ2) is 50.8. The van der Waals surface area contributed by atoms with Crippen LogP contribution in [-0.4, -0.2) is 63.5 Å². The smallest absolute Gasteiger partial charge is 0.155 e. The average molecular weight is 2450 g/mol. The van der Waals surface area contributed by atoms with Gasteiger partial charge in [-0.3, -0.25) is 39.1 Å². The second-order valence-electron chi connectivity index (χ2n) is 31.6. The van der Waals surface area contributed by atoms with Gasteiger partial charge in [0.2, 0.25) is 0 Å². The first-order chi connectivity index (χ1) is 59.7. The van der Waals surface area contributed by atoms with E-state index in [0.29, 0.717) is 0 Å². The maximum absolute atomic E-state index is 10.0. The fourth-order valence-corrected chi connectivity index (χ4v) is 14.2. The van der Waals surface area contributed by atoms with Gasteiger partial charge in [-0.15, -0.1) is 140 Å². The Morgan fingerprint density at radius 1 is 0.262 bits per heavy atom. The van der Waals surface area contributed by atoms with Crippen LogP contribution in [0.25, 0.3) is 135 Å². The molecule has 0 aliphatic rings. The fourth-order valence-electron chi connectivity index (χ4n) is 14.2. The third kappa shape index (κ3) is 32.9. The third-order valence-electron chi connectivity index (χ3n) is 18.9. The summed E-state index contributed by atoms with van der Waals surface area (Å²) in [6, 6.07) is 83.7. The maximum Gasteiger partial charge on any atom is 0.155 e. The zero-order chi connectivity index (χ0) is 91.9. The number of fused-ring (bicyclic) bond motifs is 4. The van der Waals surface area contributed by atoms with Crippen LogP contribution in [0.1, 0.15) is 133 Å². The summed E-state index contributed by atoms with van der Waals surface area (Å²) in [5.41, 5.74) is 35.7. The number of rotatable bonds is 12. The zero-order valence-electron chi connectivity index (χ0n) is 77.1. The van der Waals surface area contributed by atoms with Gasteiger partial charge in [-0.1, -0.05) is 176 Å². The first-order valence-corrected chi connectivity index (χ1v) is 41.1. The first kappa shape index (κ1) is 108. The van der Waals surface area contributed by atoms with Gasteiger partial charge >= 0.3 is 0 Å². The molecule has 0 amide bonds. The van der Waals surface area contributed by atoms with E-state index in [4.69, 9.17) is 58.0 Å². The molecular formula is C110H108Ir4N4O12-4. The number of ketones is 4. The van der Waals surface area contributed by atoms with Gasteiger partial charge in [0.25, 0.3) is 0 Å². The van der Waals surface area contributed by atoms with Crippen LogP contribution in [0.4, 0.5) is 0 Å². The van der Waals surface area contributed by atoms with Crippen molar-refractivity contribution in [2.75, 3.05) is 0 Å². The quantitative estimate of drug-likeness (QED) is 0.0504. The Kier molecular flexibility index (Phi) is 42.4. The van der Waals surface area contributed by atoms with Gasteiger partial charge in [-0.05, 0) is 166 Å². The summed E-state index contributed by atoms with van der Waals surface area (Å²) in [4.78, 5) is 59.2. The van der Waals surface area contributed by atoms with Crippen LogP contribution < -0.4 is 0 Å². The fraction of sp³-hybridized carbons (Fsp3) is 0.200. The summed E-state index contributed by atoms with van der Waals surface area (Å²) in [5.74, 6) is 3.19. The van der Waals surface area contributed by atoms with Crippen LogP contribution in [0.5, 0.6) is 0 Å². The van der Waals surface area contributed by atoms with Gasteiger partial charge in [0.1, 0.15) is 23.0 Å². The van der Waals surface area contributed by atoms with Crippen LogP contribution in [0.15, 0.2) is 271 Å². The minimum atomic E-state index is -0.125. The van der Waals surface area contributed by atoms with Crippen LogP contribution in [0.2, 0.25) is 0 Å².